The van der Waals surface area contributed by atoms with Gasteiger partial charge in [0, 0.05) is 44.6 Å². The smallest absolute Gasteiger partial charge is 0.220 e. The van der Waals surface area contributed by atoms with Gasteiger partial charge in [0.05, 0.1) is 19.6 Å². The van der Waals surface area contributed by atoms with E-state index in [0.29, 0.717) is 18.4 Å². The van der Waals surface area contributed by atoms with Gasteiger partial charge in [0.25, 0.3) is 0 Å². The average molecular weight is 318 g/mol. The first kappa shape index (κ1) is 17.8. The van der Waals surface area contributed by atoms with Crippen molar-refractivity contribution < 1.29 is 9.69 Å². The topological polar surface area (TPSA) is 36.8 Å². The lowest BCUT2D eigenvalue weighted by Crippen LogP contribution is -3.11. The highest BCUT2D eigenvalue weighted by atomic mass is 16.1. The van der Waals surface area contributed by atoms with Crippen molar-refractivity contribution in [2.24, 2.45) is 5.92 Å². The zero-order valence-corrected chi connectivity index (χ0v) is 15.1. The lowest BCUT2D eigenvalue weighted by molar-refractivity contribution is -0.918. The number of anilines is 1. The summed E-state index contributed by atoms with van der Waals surface area (Å²) in [7, 11) is 4.12. The standard InChI is InChI=1S/C19H31N3O/c1-15(2)13-19(23)20-14-18(22-11-5-6-12-22)16-7-9-17(10-8-16)21(3)4/h7-10,15,18H,5-6,11-14H2,1-4H3,(H,20,23)/p+1/t18-/m1/s1. The minimum absolute atomic E-state index is 0.175. The SMILES string of the molecule is CC(C)CC(=O)NC[C@H](c1ccc(N(C)C)cc1)[NH+]1CCCC1. The highest BCUT2D eigenvalue weighted by Gasteiger charge is 2.27. The Hall–Kier alpha value is -1.55. The third-order valence-corrected chi connectivity index (χ3v) is 4.65. The summed E-state index contributed by atoms with van der Waals surface area (Å²) in [5.41, 5.74) is 2.55. The summed E-state index contributed by atoms with van der Waals surface area (Å²) < 4.78 is 0. The number of quaternary nitrogens is 1. The lowest BCUT2D eigenvalue weighted by Gasteiger charge is -2.26. The molecule has 2 N–H and O–H groups in total. The maximum absolute atomic E-state index is 12.0. The van der Waals surface area contributed by atoms with Crippen molar-refractivity contribution in [1.29, 1.82) is 0 Å². The predicted octanol–water partition coefficient (Wildman–Crippen LogP) is 1.63. The molecule has 4 nitrogen and oxygen atoms in total. The molecule has 1 saturated heterocycles. The van der Waals surface area contributed by atoms with E-state index in [-0.39, 0.29) is 5.91 Å². The molecule has 0 saturated carbocycles. The summed E-state index contributed by atoms with van der Waals surface area (Å²) in [6.45, 7) is 7.33. The van der Waals surface area contributed by atoms with Gasteiger partial charge in [-0.3, -0.25) is 4.79 Å². The van der Waals surface area contributed by atoms with E-state index in [4.69, 9.17) is 0 Å². The minimum Gasteiger partial charge on any atom is -0.378 e. The molecule has 0 bridgehead atoms. The van der Waals surface area contributed by atoms with Crippen molar-refractivity contribution in [3.63, 3.8) is 0 Å². The zero-order chi connectivity index (χ0) is 16.8. The normalized spacial score (nSPS) is 16.6. The average Bonchev–Trinajstić information content (AvgIpc) is 3.01. The van der Waals surface area contributed by atoms with E-state index in [2.05, 4.69) is 62.4 Å². The Morgan fingerprint density at radius 2 is 1.78 bits per heavy atom. The number of amides is 1. The van der Waals surface area contributed by atoms with Crippen molar-refractivity contribution in [3.05, 3.63) is 29.8 Å². The molecule has 1 amide bonds. The molecule has 0 radical (unpaired) electrons. The van der Waals surface area contributed by atoms with Gasteiger partial charge in [-0.05, 0) is 18.1 Å². The summed E-state index contributed by atoms with van der Waals surface area (Å²) in [6, 6.07) is 9.16. The van der Waals surface area contributed by atoms with Gasteiger partial charge in [-0.25, -0.2) is 0 Å². The number of nitrogens with one attached hydrogen (secondary N) is 2. The Morgan fingerprint density at radius 1 is 1.17 bits per heavy atom. The van der Waals surface area contributed by atoms with E-state index in [9.17, 15) is 4.79 Å². The van der Waals surface area contributed by atoms with Gasteiger partial charge in [-0.1, -0.05) is 26.0 Å². The van der Waals surface area contributed by atoms with Crippen LogP contribution >= 0.6 is 0 Å². The molecule has 4 heteroatoms. The van der Waals surface area contributed by atoms with Crippen molar-refractivity contribution in [1.82, 2.24) is 5.32 Å². The van der Waals surface area contributed by atoms with Gasteiger partial charge in [-0.15, -0.1) is 0 Å². The molecule has 23 heavy (non-hydrogen) atoms. The van der Waals surface area contributed by atoms with Crippen LogP contribution in [0, 0.1) is 5.92 Å². The van der Waals surface area contributed by atoms with E-state index < -0.39 is 0 Å². The summed E-state index contributed by atoms with van der Waals surface area (Å²) in [6.07, 6.45) is 3.20. The highest BCUT2D eigenvalue weighted by Crippen LogP contribution is 2.17. The molecule has 0 unspecified atom stereocenters. The molecule has 0 aromatic heterocycles. The lowest BCUT2D eigenvalue weighted by atomic mass is 10.0. The first-order chi connectivity index (χ1) is 11.0. The van der Waals surface area contributed by atoms with Gasteiger partial charge in [-0.2, -0.15) is 0 Å². The summed E-state index contributed by atoms with van der Waals surface area (Å²) in [4.78, 5) is 15.7. The fourth-order valence-corrected chi connectivity index (χ4v) is 3.34. The van der Waals surface area contributed by atoms with Crippen LogP contribution in [0.1, 0.15) is 44.7 Å². The van der Waals surface area contributed by atoms with Crippen LogP contribution in [0.15, 0.2) is 24.3 Å². The molecule has 1 atom stereocenters. The van der Waals surface area contributed by atoms with Crippen LogP contribution in [0.25, 0.3) is 0 Å². The molecule has 1 aromatic rings. The van der Waals surface area contributed by atoms with E-state index in [1.54, 1.807) is 4.90 Å². The number of hydrogen-bond donors (Lipinski definition) is 2. The molecule has 128 valence electrons. The van der Waals surface area contributed by atoms with E-state index in [1.807, 2.05) is 0 Å². The van der Waals surface area contributed by atoms with E-state index in [0.717, 1.165) is 6.54 Å². The third-order valence-electron chi connectivity index (χ3n) is 4.65. The molecule has 1 aliphatic rings. The van der Waals surface area contributed by atoms with Gasteiger partial charge in [0.2, 0.25) is 5.91 Å². The first-order valence-electron chi connectivity index (χ1n) is 8.86. The number of rotatable bonds is 7. The Bertz CT molecular complexity index is 490. The van der Waals surface area contributed by atoms with Crippen LogP contribution in [0.5, 0.6) is 0 Å². The van der Waals surface area contributed by atoms with Gasteiger partial charge >= 0.3 is 0 Å². The third kappa shape index (κ3) is 5.24. The van der Waals surface area contributed by atoms with Gasteiger partial charge < -0.3 is 15.1 Å². The summed E-state index contributed by atoms with van der Waals surface area (Å²) in [5.74, 6) is 0.584. The van der Waals surface area contributed by atoms with Crippen LogP contribution in [-0.2, 0) is 4.79 Å². The molecular weight excluding hydrogens is 286 g/mol. The number of benzene rings is 1. The molecule has 0 aliphatic carbocycles. The monoisotopic (exact) mass is 318 g/mol. The van der Waals surface area contributed by atoms with Crippen molar-refractivity contribution in [2.75, 3.05) is 38.6 Å². The molecule has 2 rings (SSSR count). The zero-order valence-electron chi connectivity index (χ0n) is 15.1. The van der Waals surface area contributed by atoms with Crippen molar-refractivity contribution in [2.45, 2.75) is 39.2 Å². The minimum atomic E-state index is 0.175. The Kier molecular flexibility index (Phi) is 6.46. The van der Waals surface area contributed by atoms with Crippen LogP contribution in [-0.4, -0.2) is 39.6 Å². The van der Waals surface area contributed by atoms with Crippen molar-refractivity contribution in [3.8, 4) is 0 Å². The molecule has 1 aliphatic heterocycles. The second-order valence-electron chi connectivity index (χ2n) is 7.31. The summed E-state index contributed by atoms with van der Waals surface area (Å²) >= 11 is 0. The van der Waals surface area contributed by atoms with Gasteiger partial charge in [0.15, 0.2) is 0 Å². The molecule has 1 heterocycles. The number of carbonyl (C=O) groups is 1. The second-order valence-corrected chi connectivity index (χ2v) is 7.31. The number of nitrogens with zero attached hydrogens (tertiary/aromatic N) is 1. The van der Waals surface area contributed by atoms with Crippen molar-refractivity contribution >= 4 is 11.6 Å². The molecule has 0 spiro atoms. The van der Waals surface area contributed by atoms with Crippen LogP contribution in [0.2, 0.25) is 0 Å². The fraction of sp³-hybridized carbons (Fsp3) is 0.632. The molecule has 1 aromatic carbocycles. The maximum Gasteiger partial charge on any atom is 0.220 e. The highest BCUT2D eigenvalue weighted by molar-refractivity contribution is 5.76. The molecule has 1 fully saturated rings. The predicted molar refractivity (Wildman–Crippen MR) is 95.9 cm³/mol. The van der Waals surface area contributed by atoms with E-state index >= 15 is 0 Å². The Balaban J connectivity index is 2.06. The Labute approximate surface area is 140 Å². The second kappa shape index (κ2) is 8.34. The summed E-state index contributed by atoms with van der Waals surface area (Å²) in [5, 5.41) is 3.16. The fourth-order valence-electron chi connectivity index (χ4n) is 3.34. The van der Waals surface area contributed by atoms with Crippen LogP contribution in [0.3, 0.4) is 0 Å². The molecular formula is C19H32N3O+. The quantitative estimate of drug-likeness (QED) is 0.802. The van der Waals surface area contributed by atoms with Crippen LogP contribution in [0.4, 0.5) is 5.69 Å². The number of hydrogen-bond acceptors (Lipinski definition) is 2. The first-order valence-corrected chi connectivity index (χ1v) is 8.86. The van der Waals surface area contributed by atoms with Crippen LogP contribution < -0.4 is 15.1 Å². The number of carbonyl (C=O) groups excluding carboxylic acids is 1. The largest absolute Gasteiger partial charge is 0.378 e. The maximum atomic E-state index is 12.0. The Morgan fingerprint density at radius 3 is 2.30 bits per heavy atom. The van der Waals surface area contributed by atoms with Gasteiger partial charge in [0.1, 0.15) is 6.04 Å². The number of likely N-dealkylation sites (tertiary alicyclic amines) is 1. The van der Waals surface area contributed by atoms with E-state index in [1.165, 1.54) is 37.2 Å².